The first-order chi connectivity index (χ1) is 6.22. The summed E-state index contributed by atoms with van der Waals surface area (Å²) >= 11 is 0. The van der Waals surface area contributed by atoms with Crippen LogP contribution < -0.4 is 11.6 Å². The summed E-state index contributed by atoms with van der Waals surface area (Å²) in [7, 11) is 0. The second kappa shape index (κ2) is 4.25. The van der Waals surface area contributed by atoms with E-state index in [9.17, 15) is 0 Å². The molecule has 68 valence electrons. The van der Waals surface area contributed by atoms with Crippen molar-refractivity contribution in [1.82, 2.24) is 0 Å². The zero-order valence-electron chi connectivity index (χ0n) is 7.44. The van der Waals surface area contributed by atoms with Crippen LogP contribution in [0.4, 0.5) is 11.4 Å². The van der Waals surface area contributed by atoms with Crippen LogP contribution in [0.5, 0.6) is 0 Å². The smallest absolute Gasteiger partial charge is 0.0752 e. The minimum Gasteiger partial charge on any atom is -0.399 e. The van der Waals surface area contributed by atoms with Gasteiger partial charge in [-0.3, -0.25) is 4.99 Å². The summed E-state index contributed by atoms with van der Waals surface area (Å²) in [5.41, 5.74) is 7.75. The molecule has 0 radical (unpaired) electrons. The van der Waals surface area contributed by atoms with Gasteiger partial charge in [-0.2, -0.15) is 5.10 Å². The van der Waals surface area contributed by atoms with E-state index in [2.05, 4.69) is 10.1 Å². The number of hydrazone groups is 1. The predicted molar refractivity (Wildman–Crippen MR) is 56.3 cm³/mol. The molecule has 0 amide bonds. The van der Waals surface area contributed by atoms with Gasteiger partial charge in [0.2, 0.25) is 0 Å². The standard InChI is InChI=1S/C9H12N4/c1-7(13-11)6-12-9-4-2-8(10)3-5-9/h2-6H,10-11H2,1H3/b12-6?,13-7-. The topological polar surface area (TPSA) is 76.8 Å². The van der Waals surface area contributed by atoms with Crippen LogP contribution in [0.15, 0.2) is 34.4 Å². The predicted octanol–water partition coefficient (Wildman–Crippen LogP) is 1.31. The fourth-order valence-corrected chi connectivity index (χ4v) is 0.762. The van der Waals surface area contributed by atoms with Gasteiger partial charge in [0.15, 0.2) is 0 Å². The molecule has 0 aliphatic carbocycles. The van der Waals surface area contributed by atoms with E-state index in [-0.39, 0.29) is 0 Å². The van der Waals surface area contributed by atoms with Crippen LogP contribution in [-0.2, 0) is 0 Å². The summed E-state index contributed by atoms with van der Waals surface area (Å²) in [5.74, 6) is 5.04. The molecule has 0 aromatic heterocycles. The second-order valence-electron chi connectivity index (χ2n) is 2.62. The van der Waals surface area contributed by atoms with Crippen LogP contribution in [0.2, 0.25) is 0 Å². The number of nitrogens with two attached hydrogens (primary N) is 2. The number of aliphatic imine (C=N–C) groups is 1. The van der Waals surface area contributed by atoms with Gasteiger partial charge in [0.25, 0.3) is 0 Å². The Kier molecular flexibility index (Phi) is 3.03. The van der Waals surface area contributed by atoms with E-state index in [1.54, 1.807) is 25.3 Å². The molecule has 0 heterocycles. The zero-order valence-corrected chi connectivity index (χ0v) is 7.44. The van der Waals surface area contributed by atoms with E-state index in [1.807, 2.05) is 12.1 Å². The van der Waals surface area contributed by atoms with Crippen LogP contribution in [0.25, 0.3) is 0 Å². The molecule has 0 unspecified atom stereocenters. The van der Waals surface area contributed by atoms with Gasteiger partial charge in [0.05, 0.1) is 17.6 Å². The molecule has 13 heavy (non-hydrogen) atoms. The number of rotatable bonds is 2. The van der Waals surface area contributed by atoms with Crippen molar-refractivity contribution in [1.29, 1.82) is 0 Å². The van der Waals surface area contributed by atoms with Gasteiger partial charge >= 0.3 is 0 Å². The summed E-state index contributed by atoms with van der Waals surface area (Å²) in [6.45, 7) is 1.78. The molecule has 1 aromatic carbocycles. The lowest BCUT2D eigenvalue weighted by atomic mass is 10.3. The summed E-state index contributed by atoms with van der Waals surface area (Å²) in [4.78, 5) is 4.13. The quantitative estimate of drug-likeness (QED) is 0.308. The Morgan fingerprint density at radius 1 is 1.31 bits per heavy atom. The van der Waals surface area contributed by atoms with E-state index in [4.69, 9.17) is 11.6 Å². The maximum absolute atomic E-state index is 5.51. The van der Waals surface area contributed by atoms with E-state index in [1.165, 1.54) is 0 Å². The molecule has 1 aromatic rings. The molecular weight excluding hydrogens is 164 g/mol. The van der Waals surface area contributed by atoms with Crippen LogP contribution in [0.1, 0.15) is 6.92 Å². The van der Waals surface area contributed by atoms with E-state index in [0.717, 1.165) is 11.4 Å². The van der Waals surface area contributed by atoms with Crippen LogP contribution in [0.3, 0.4) is 0 Å². The number of nitrogen functional groups attached to an aromatic ring is 1. The first-order valence-corrected chi connectivity index (χ1v) is 3.86. The Labute approximate surface area is 77.0 Å². The van der Waals surface area contributed by atoms with Gasteiger partial charge in [-0.05, 0) is 31.2 Å². The van der Waals surface area contributed by atoms with Crippen molar-refractivity contribution in [3.63, 3.8) is 0 Å². The maximum atomic E-state index is 5.51. The van der Waals surface area contributed by atoms with Gasteiger partial charge < -0.3 is 11.6 Å². The summed E-state index contributed by atoms with van der Waals surface area (Å²) < 4.78 is 0. The lowest BCUT2D eigenvalue weighted by Gasteiger charge is -1.93. The highest BCUT2D eigenvalue weighted by molar-refractivity contribution is 6.29. The molecule has 0 aliphatic heterocycles. The fourth-order valence-electron chi connectivity index (χ4n) is 0.762. The first kappa shape index (κ1) is 9.25. The highest BCUT2D eigenvalue weighted by Crippen LogP contribution is 2.12. The van der Waals surface area contributed by atoms with Crippen molar-refractivity contribution in [2.24, 2.45) is 15.9 Å². The Bertz CT molecular complexity index is 324. The van der Waals surface area contributed by atoms with Crippen LogP contribution in [0, 0.1) is 0 Å². The summed E-state index contributed by atoms with van der Waals surface area (Å²) in [6.07, 6.45) is 1.60. The largest absolute Gasteiger partial charge is 0.399 e. The maximum Gasteiger partial charge on any atom is 0.0752 e. The van der Waals surface area contributed by atoms with E-state index < -0.39 is 0 Å². The van der Waals surface area contributed by atoms with Crippen molar-refractivity contribution in [2.75, 3.05) is 5.73 Å². The highest BCUT2D eigenvalue weighted by atomic mass is 15.1. The molecule has 0 saturated carbocycles. The molecule has 4 N–H and O–H groups in total. The van der Waals surface area contributed by atoms with E-state index in [0.29, 0.717) is 5.71 Å². The van der Waals surface area contributed by atoms with Crippen molar-refractivity contribution >= 4 is 23.3 Å². The highest BCUT2D eigenvalue weighted by Gasteiger charge is 1.87. The molecular formula is C9H12N4. The SMILES string of the molecule is C/C(C=Nc1ccc(N)cc1)=N/N. The second-order valence-corrected chi connectivity index (χ2v) is 2.62. The Hall–Kier alpha value is -1.84. The lowest BCUT2D eigenvalue weighted by Crippen LogP contribution is -1.96. The molecule has 0 bridgehead atoms. The van der Waals surface area contributed by atoms with Crippen LogP contribution in [-0.4, -0.2) is 11.9 Å². The van der Waals surface area contributed by atoms with Gasteiger partial charge in [-0.15, -0.1) is 0 Å². The molecule has 0 spiro atoms. The average molecular weight is 176 g/mol. The van der Waals surface area contributed by atoms with Gasteiger partial charge in [-0.25, -0.2) is 0 Å². The molecule has 4 nitrogen and oxygen atoms in total. The third-order valence-electron chi connectivity index (χ3n) is 1.50. The molecule has 0 saturated heterocycles. The average Bonchev–Trinajstić information content (AvgIpc) is 2.16. The third-order valence-corrected chi connectivity index (χ3v) is 1.50. The third kappa shape index (κ3) is 2.94. The molecule has 0 fully saturated rings. The minimum atomic E-state index is 0.678. The lowest BCUT2D eigenvalue weighted by molar-refractivity contribution is 1.25. The van der Waals surface area contributed by atoms with Crippen molar-refractivity contribution in [2.45, 2.75) is 6.92 Å². The Morgan fingerprint density at radius 2 is 1.92 bits per heavy atom. The molecule has 1 rings (SSSR count). The number of hydrogen-bond acceptors (Lipinski definition) is 4. The van der Waals surface area contributed by atoms with Gasteiger partial charge in [0.1, 0.15) is 0 Å². The van der Waals surface area contributed by atoms with Crippen molar-refractivity contribution in [3.05, 3.63) is 24.3 Å². The fraction of sp³-hybridized carbons (Fsp3) is 0.111. The number of nitrogens with zero attached hydrogens (tertiary/aromatic N) is 2. The number of anilines is 1. The zero-order chi connectivity index (χ0) is 9.68. The number of hydrogen-bond donors (Lipinski definition) is 2. The summed E-state index contributed by atoms with van der Waals surface area (Å²) in [6, 6.07) is 7.24. The molecule has 0 atom stereocenters. The van der Waals surface area contributed by atoms with E-state index >= 15 is 0 Å². The normalized spacial score (nSPS) is 12.2. The van der Waals surface area contributed by atoms with Gasteiger partial charge in [0, 0.05) is 5.69 Å². The Morgan fingerprint density at radius 3 is 2.46 bits per heavy atom. The monoisotopic (exact) mass is 176 g/mol. The van der Waals surface area contributed by atoms with Crippen molar-refractivity contribution in [3.8, 4) is 0 Å². The Balaban J connectivity index is 2.75. The molecule has 4 heteroatoms. The van der Waals surface area contributed by atoms with Gasteiger partial charge in [-0.1, -0.05) is 0 Å². The summed E-state index contributed by atoms with van der Waals surface area (Å²) in [5, 5.41) is 3.46. The van der Waals surface area contributed by atoms with Crippen LogP contribution >= 0.6 is 0 Å². The number of benzene rings is 1. The molecule has 0 aliphatic rings. The minimum absolute atomic E-state index is 0.678. The first-order valence-electron chi connectivity index (χ1n) is 3.86. The van der Waals surface area contributed by atoms with Crippen molar-refractivity contribution < 1.29 is 0 Å².